The third kappa shape index (κ3) is 2.64. The van der Waals surface area contributed by atoms with E-state index in [1.54, 1.807) is 13.0 Å². The number of carboxylic acids is 1. The van der Waals surface area contributed by atoms with Crippen LogP contribution in [0.5, 0.6) is 0 Å². The fourth-order valence-electron chi connectivity index (χ4n) is 1.59. The molecule has 2 rings (SSSR count). The van der Waals surface area contributed by atoms with Gasteiger partial charge in [0, 0.05) is 23.7 Å². The first kappa shape index (κ1) is 11.2. The maximum atomic E-state index is 10.7. The lowest BCUT2D eigenvalue weighted by Gasteiger charge is -2.04. The zero-order valence-corrected chi connectivity index (χ0v) is 9.50. The molecule has 0 bridgehead atoms. The van der Waals surface area contributed by atoms with E-state index in [4.69, 9.17) is 5.11 Å². The zero-order valence-electron chi connectivity index (χ0n) is 9.50. The monoisotopic (exact) mass is 227 g/mol. The van der Waals surface area contributed by atoms with E-state index in [-0.39, 0.29) is 0 Å². The molecule has 0 unspecified atom stereocenters. The molecule has 3 nitrogen and oxygen atoms in total. The number of hydrogen-bond acceptors (Lipinski definition) is 1. The normalized spacial score (nSPS) is 11.5. The topological polar surface area (TPSA) is 42.2 Å². The molecule has 0 fully saturated rings. The van der Waals surface area contributed by atoms with Gasteiger partial charge in [0.2, 0.25) is 0 Å². The fourth-order valence-corrected chi connectivity index (χ4v) is 1.59. The Hall–Kier alpha value is -2.29. The van der Waals surface area contributed by atoms with Crippen LogP contribution in [-0.4, -0.2) is 15.6 Å². The number of carbonyl (C=O) groups is 1. The second-order valence-corrected chi connectivity index (χ2v) is 3.82. The Labute approximate surface area is 99.6 Å². The van der Waals surface area contributed by atoms with Crippen molar-refractivity contribution in [1.82, 2.24) is 4.57 Å². The first-order valence-electron chi connectivity index (χ1n) is 5.32. The Balaban J connectivity index is 2.36. The van der Waals surface area contributed by atoms with E-state index in [2.05, 4.69) is 0 Å². The average Bonchev–Trinajstić information content (AvgIpc) is 2.82. The number of carboxylic acid groups (broad SMARTS) is 1. The Bertz CT molecular complexity index is 553. The van der Waals surface area contributed by atoms with Crippen LogP contribution < -0.4 is 0 Å². The van der Waals surface area contributed by atoms with Crippen molar-refractivity contribution in [2.75, 3.05) is 0 Å². The summed E-state index contributed by atoms with van der Waals surface area (Å²) in [6.07, 6.45) is 5.56. The van der Waals surface area contributed by atoms with E-state index in [0.717, 1.165) is 11.3 Å². The van der Waals surface area contributed by atoms with Crippen LogP contribution in [0.3, 0.4) is 0 Å². The number of benzene rings is 1. The van der Waals surface area contributed by atoms with Gasteiger partial charge < -0.3 is 9.67 Å². The average molecular weight is 227 g/mol. The predicted octanol–water partition coefficient (Wildman–Crippen LogP) is 2.97. The van der Waals surface area contributed by atoms with Crippen LogP contribution in [-0.2, 0) is 4.79 Å². The summed E-state index contributed by atoms with van der Waals surface area (Å²) in [6, 6.07) is 11.6. The van der Waals surface area contributed by atoms with Crippen molar-refractivity contribution in [3.8, 4) is 5.69 Å². The summed E-state index contributed by atoms with van der Waals surface area (Å²) in [6.45, 7) is 1.59. The highest BCUT2D eigenvalue weighted by Gasteiger charge is 2.01. The lowest BCUT2D eigenvalue weighted by molar-refractivity contribution is -0.132. The SMILES string of the molecule is C/C(=C\c1cccc(-n2cccc2)c1)C(=O)O. The van der Waals surface area contributed by atoms with Crippen LogP contribution in [0.4, 0.5) is 0 Å². The maximum absolute atomic E-state index is 10.7. The van der Waals surface area contributed by atoms with Gasteiger partial charge >= 0.3 is 5.97 Å². The lowest BCUT2D eigenvalue weighted by atomic mass is 10.1. The molecule has 0 radical (unpaired) electrons. The molecule has 1 heterocycles. The van der Waals surface area contributed by atoms with Crippen molar-refractivity contribution in [3.63, 3.8) is 0 Å². The van der Waals surface area contributed by atoms with Crippen LogP contribution >= 0.6 is 0 Å². The van der Waals surface area contributed by atoms with Gasteiger partial charge in [-0.2, -0.15) is 0 Å². The lowest BCUT2D eigenvalue weighted by Crippen LogP contribution is -1.96. The van der Waals surface area contributed by atoms with Crippen LogP contribution in [0.1, 0.15) is 12.5 Å². The Morgan fingerprint density at radius 2 is 1.94 bits per heavy atom. The smallest absolute Gasteiger partial charge is 0.331 e. The van der Waals surface area contributed by atoms with Gasteiger partial charge in [0.15, 0.2) is 0 Å². The molecule has 1 N–H and O–H groups in total. The zero-order chi connectivity index (χ0) is 12.3. The van der Waals surface area contributed by atoms with Crippen LogP contribution in [0, 0.1) is 0 Å². The predicted molar refractivity (Wildman–Crippen MR) is 67.1 cm³/mol. The minimum Gasteiger partial charge on any atom is -0.478 e. The van der Waals surface area contributed by atoms with Gasteiger partial charge in [0.05, 0.1) is 0 Å². The second-order valence-electron chi connectivity index (χ2n) is 3.82. The Kier molecular flexibility index (Phi) is 3.10. The molecule has 0 aliphatic heterocycles. The van der Waals surface area contributed by atoms with Gasteiger partial charge in [-0.25, -0.2) is 4.79 Å². The van der Waals surface area contributed by atoms with Crippen molar-refractivity contribution in [3.05, 3.63) is 59.9 Å². The van der Waals surface area contributed by atoms with E-state index in [0.29, 0.717) is 5.57 Å². The number of rotatable bonds is 3. The molecule has 3 heteroatoms. The van der Waals surface area contributed by atoms with Crippen molar-refractivity contribution in [2.45, 2.75) is 6.92 Å². The van der Waals surface area contributed by atoms with Crippen molar-refractivity contribution in [1.29, 1.82) is 0 Å². The molecular formula is C14H13NO2. The van der Waals surface area contributed by atoms with E-state index in [9.17, 15) is 4.79 Å². The molecular weight excluding hydrogens is 214 g/mol. The molecule has 86 valence electrons. The van der Waals surface area contributed by atoms with Crippen LogP contribution in [0.2, 0.25) is 0 Å². The highest BCUT2D eigenvalue weighted by atomic mass is 16.4. The van der Waals surface area contributed by atoms with Crippen molar-refractivity contribution < 1.29 is 9.90 Å². The van der Waals surface area contributed by atoms with Gasteiger partial charge in [0.25, 0.3) is 0 Å². The summed E-state index contributed by atoms with van der Waals surface area (Å²) in [5, 5.41) is 8.82. The molecule has 0 atom stereocenters. The largest absolute Gasteiger partial charge is 0.478 e. The summed E-state index contributed by atoms with van der Waals surface area (Å²) in [5.41, 5.74) is 2.23. The molecule has 0 saturated carbocycles. The van der Waals surface area contributed by atoms with Crippen molar-refractivity contribution in [2.24, 2.45) is 0 Å². The van der Waals surface area contributed by atoms with Crippen LogP contribution in [0.15, 0.2) is 54.4 Å². The molecule has 0 saturated heterocycles. The van der Waals surface area contributed by atoms with Gasteiger partial charge in [-0.3, -0.25) is 0 Å². The number of aromatic nitrogens is 1. The number of hydrogen-bond donors (Lipinski definition) is 1. The summed E-state index contributed by atoms with van der Waals surface area (Å²) < 4.78 is 1.98. The first-order chi connectivity index (χ1) is 8.16. The minimum atomic E-state index is -0.892. The van der Waals surface area contributed by atoms with Gasteiger partial charge in [-0.1, -0.05) is 12.1 Å². The van der Waals surface area contributed by atoms with E-state index >= 15 is 0 Å². The van der Waals surface area contributed by atoms with Crippen molar-refractivity contribution >= 4 is 12.0 Å². The molecule has 0 aliphatic carbocycles. The molecule has 0 aliphatic rings. The van der Waals surface area contributed by atoms with Gasteiger partial charge in [0.1, 0.15) is 0 Å². The highest BCUT2D eigenvalue weighted by Crippen LogP contribution is 2.13. The summed E-state index contributed by atoms with van der Waals surface area (Å²) >= 11 is 0. The second kappa shape index (κ2) is 4.70. The third-order valence-electron chi connectivity index (χ3n) is 2.49. The third-order valence-corrected chi connectivity index (χ3v) is 2.49. The van der Waals surface area contributed by atoms with E-state index in [1.807, 2.05) is 53.4 Å². The first-order valence-corrected chi connectivity index (χ1v) is 5.32. The standard InChI is InChI=1S/C14H13NO2/c1-11(14(16)17)9-12-5-4-6-13(10-12)15-7-2-3-8-15/h2-10H,1H3,(H,16,17)/b11-9+. The quantitative estimate of drug-likeness (QED) is 0.819. The molecule has 17 heavy (non-hydrogen) atoms. The summed E-state index contributed by atoms with van der Waals surface area (Å²) in [5.74, 6) is -0.892. The van der Waals surface area contributed by atoms with Gasteiger partial charge in [-0.05, 0) is 42.8 Å². The molecule has 1 aromatic carbocycles. The van der Waals surface area contributed by atoms with Crippen LogP contribution in [0.25, 0.3) is 11.8 Å². The summed E-state index contributed by atoms with van der Waals surface area (Å²) in [7, 11) is 0. The molecule has 1 aromatic heterocycles. The minimum absolute atomic E-state index is 0.328. The molecule has 0 spiro atoms. The highest BCUT2D eigenvalue weighted by molar-refractivity contribution is 5.91. The number of nitrogens with zero attached hydrogens (tertiary/aromatic N) is 1. The maximum Gasteiger partial charge on any atom is 0.331 e. The Morgan fingerprint density at radius 1 is 1.24 bits per heavy atom. The van der Waals surface area contributed by atoms with E-state index in [1.165, 1.54) is 0 Å². The number of aliphatic carboxylic acids is 1. The molecule has 2 aromatic rings. The van der Waals surface area contributed by atoms with E-state index < -0.39 is 5.97 Å². The Morgan fingerprint density at radius 3 is 2.59 bits per heavy atom. The molecule has 0 amide bonds. The summed E-state index contributed by atoms with van der Waals surface area (Å²) in [4.78, 5) is 10.7. The fraction of sp³-hybridized carbons (Fsp3) is 0.0714. The van der Waals surface area contributed by atoms with Gasteiger partial charge in [-0.15, -0.1) is 0 Å².